The number of thioether (sulfide) groups is 1. The fourth-order valence-electron chi connectivity index (χ4n) is 3.55. The molecule has 35 heavy (non-hydrogen) atoms. The van der Waals surface area contributed by atoms with Gasteiger partial charge in [0.15, 0.2) is 22.5 Å². The number of carbonyl (C=O) groups excluding carboxylic acids is 1. The zero-order valence-electron chi connectivity index (χ0n) is 19.6. The SMILES string of the molecule is CC(C)(C)c1cc(NC(=O)CSc2nnc(-c3ccccc3)n2Cc2ccc3c(c2)OCO3)on1. The number of benzene rings is 2. The molecular formula is C25H25N5O4S. The van der Waals surface area contributed by atoms with Crippen molar-refractivity contribution in [2.45, 2.75) is 37.9 Å². The summed E-state index contributed by atoms with van der Waals surface area (Å²) in [5.74, 6) is 2.41. The van der Waals surface area contributed by atoms with Gasteiger partial charge in [0.2, 0.25) is 18.6 Å². The van der Waals surface area contributed by atoms with Crippen LogP contribution in [0.5, 0.6) is 11.5 Å². The maximum Gasteiger partial charge on any atom is 0.237 e. The van der Waals surface area contributed by atoms with Gasteiger partial charge in [-0.25, -0.2) is 0 Å². The summed E-state index contributed by atoms with van der Waals surface area (Å²) in [4.78, 5) is 12.6. The molecular weight excluding hydrogens is 466 g/mol. The Morgan fingerprint density at radius 2 is 1.86 bits per heavy atom. The van der Waals surface area contributed by atoms with Crippen molar-refractivity contribution in [2.24, 2.45) is 0 Å². The lowest BCUT2D eigenvalue weighted by Gasteiger charge is -2.12. The Balaban J connectivity index is 1.34. The van der Waals surface area contributed by atoms with Gasteiger partial charge in [-0.3, -0.25) is 14.7 Å². The lowest BCUT2D eigenvalue weighted by molar-refractivity contribution is -0.113. The van der Waals surface area contributed by atoms with Crippen LogP contribution in [-0.2, 0) is 16.8 Å². The molecule has 3 heterocycles. The molecule has 1 aliphatic heterocycles. The van der Waals surface area contributed by atoms with Crippen LogP contribution < -0.4 is 14.8 Å². The highest BCUT2D eigenvalue weighted by Gasteiger charge is 2.21. The molecule has 2 aromatic heterocycles. The van der Waals surface area contributed by atoms with Crippen LogP contribution in [0.25, 0.3) is 11.4 Å². The Morgan fingerprint density at radius 3 is 2.63 bits per heavy atom. The number of nitrogens with zero attached hydrogens (tertiary/aromatic N) is 4. The van der Waals surface area contributed by atoms with Crippen LogP contribution in [0.15, 0.2) is 64.3 Å². The third-order valence-corrected chi connectivity index (χ3v) is 6.37. The number of aromatic nitrogens is 4. The van der Waals surface area contributed by atoms with Crippen LogP contribution in [0, 0.1) is 0 Å². The minimum absolute atomic E-state index is 0.139. The first-order chi connectivity index (χ1) is 16.9. The number of ether oxygens (including phenoxy) is 2. The first-order valence-electron chi connectivity index (χ1n) is 11.1. The third-order valence-electron chi connectivity index (χ3n) is 5.40. The predicted molar refractivity (Wildman–Crippen MR) is 132 cm³/mol. The summed E-state index contributed by atoms with van der Waals surface area (Å²) in [6, 6.07) is 17.4. The molecule has 5 rings (SSSR count). The van der Waals surface area contributed by atoms with Crippen molar-refractivity contribution >= 4 is 23.6 Å². The van der Waals surface area contributed by atoms with Gasteiger partial charge < -0.3 is 14.0 Å². The molecule has 0 fully saturated rings. The number of nitrogens with one attached hydrogen (secondary N) is 1. The molecule has 2 aromatic carbocycles. The van der Waals surface area contributed by atoms with Gasteiger partial charge in [0, 0.05) is 17.0 Å². The molecule has 0 saturated heterocycles. The summed E-state index contributed by atoms with van der Waals surface area (Å²) in [5.41, 5.74) is 2.55. The smallest absolute Gasteiger partial charge is 0.237 e. The lowest BCUT2D eigenvalue weighted by Crippen LogP contribution is -2.15. The molecule has 0 unspecified atom stereocenters. The normalized spacial score (nSPS) is 12.7. The summed E-state index contributed by atoms with van der Waals surface area (Å²) in [6.07, 6.45) is 0. The van der Waals surface area contributed by atoms with Gasteiger partial charge in [0.25, 0.3) is 0 Å². The van der Waals surface area contributed by atoms with E-state index in [9.17, 15) is 4.79 Å². The van der Waals surface area contributed by atoms with Crippen LogP contribution in [-0.4, -0.2) is 38.4 Å². The van der Waals surface area contributed by atoms with Crippen molar-refractivity contribution in [3.05, 3.63) is 65.9 Å². The van der Waals surface area contributed by atoms with E-state index in [2.05, 4.69) is 20.7 Å². The van der Waals surface area contributed by atoms with E-state index in [1.54, 1.807) is 6.07 Å². The highest BCUT2D eigenvalue weighted by molar-refractivity contribution is 7.99. The number of amides is 1. The summed E-state index contributed by atoms with van der Waals surface area (Å²) < 4.78 is 18.2. The summed E-state index contributed by atoms with van der Waals surface area (Å²) in [5, 5.41) is 16.2. The Labute approximate surface area is 206 Å². The summed E-state index contributed by atoms with van der Waals surface area (Å²) >= 11 is 1.31. The molecule has 0 radical (unpaired) electrons. The minimum Gasteiger partial charge on any atom is -0.454 e. The number of carbonyl (C=O) groups is 1. The minimum atomic E-state index is -0.217. The fourth-order valence-corrected chi connectivity index (χ4v) is 4.29. The highest BCUT2D eigenvalue weighted by Crippen LogP contribution is 2.34. The average molecular weight is 492 g/mol. The summed E-state index contributed by atoms with van der Waals surface area (Å²) in [7, 11) is 0. The number of hydrogen-bond donors (Lipinski definition) is 1. The van der Waals surface area contributed by atoms with E-state index < -0.39 is 0 Å². The zero-order valence-corrected chi connectivity index (χ0v) is 20.5. The molecule has 0 atom stereocenters. The van der Waals surface area contributed by atoms with Crippen molar-refractivity contribution < 1.29 is 18.8 Å². The number of rotatable bonds is 7. The molecule has 0 aliphatic carbocycles. The second-order valence-electron chi connectivity index (χ2n) is 9.11. The topological polar surface area (TPSA) is 104 Å². The molecule has 1 amide bonds. The van der Waals surface area contributed by atoms with Crippen molar-refractivity contribution in [1.82, 2.24) is 19.9 Å². The average Bonchev–Trinajstić information content (AvgIpc) is 3.58. The van der Waals surface area contributed by atoms with Crippen molar-refractivity contribution in [2.75, 3.05) is 17.9 Å². The second-order valence-corrected chi connectivity index (χ2v) is 10.1. The van der Waals surface area contributed by atoms with Crippen molar-refractivity contribution in [3.63, 3.8) is 0 Å². The van der Waals surface area contributed by atoms with Crippen molar-refractivity contribution in [3.8, 4) is 22.9 Å². The second kappa shape index (κ2) is 9.46. The van der Waals surface area contributed by atoms with Crippen LogP contribution in [0.3, 0.4) is 0 Å². The van der Waals surface area contributed by atoms with Gasteiger partial charge >= 0.3 is 0 Å². The van der Waals surface area contributed by atoms with Gasteiger partial charge in [-0.05, 0) is 17.7 Å². The molecule has 1 N–H and O–H groups in total. The molecule has 180 valence electrons. The van der Waals surface area contributed by atoms with Gasteiger partial charge in [0.05, 0.1) is 18.0 Å². The Kier molecular flexibility index (Phi) is 6.21. The maximum atomic E-state index is 12.6. The van der Waals surface area contributed by atoms with E-state index >= 15 is 0 Å². The van der Waals surface area contributed by atoms with Crippen LogP contribution in [0.4, 0.5) is 5.88 Å². The standard InChI is InChI=1S/C25H25N5O4S/c1-25(2,3)20-12-22(34-29-20)26-21(31)14-35-24-28-27-23(17-7-5-4-6-8-17)30(24)13-16-9-10-18-19(11-16)33-15-32-18/h4-12H,13-15H2,1-3H3,(H,26,31). The maximum absolute atomic E-state index is 12.6. The van der Waals surface area contributed by atoms with Crippen molar-refractivity contribution in [1.29, 1.82) is 0 Å². The number of hydrogen-bond acceptors (Lipinski definition) is 8. The van der Waals surface area contributed by atoms with E-state index in [0.29, 0.717) is 23.3 Å². The molecule has 0 saturated carbocycles. The number of fused-ring (bicyclic) bond motifs is 1. The van der Waals surface area contributed by atoms with E-state index in [-0.39, 0.29) is 23.9 Å². The van der Waals surface area contributed by atoms with Crippen LogP contribution >= 0.6 is 11.8 Å². The van der Waals surface area contributed by atoms with E-state index in [4.69, 9.17) is 14.0 Å². The largest absolute Gasteiger partial charge is 0.454 e. The Bertz CT molecular complexity index is 1340. The molecule has 4 aromatic rings. The van der Waals surface area contributed by atoms with E-state index in [1.807, 2.05) is 73.9 Å². The number of anilines is 1. The van der Waals surface area contributed by atoms with E-state index in [1.165, 1.54) is 11.8 Å². The molecule has 1 aliphatic rings. The van der Waals surface area contributed by atoms with Gasteiger partial charge in [-0.15, -0.1) is 10.2 Å². The molecule has 10 heteroatoms. The van der Waals surface area contributed by atoms with Gasteiger partial charge in [-0.2, -0.15) is 0 Å². The lowest BCUT2D eigenvalue weighted by atomic mass is 9.92. The monoisotopic (exact) mass is 491 g/mol. The third kappa shape index (κ3) is 5.17. The highest BCUT2D eigenvalue weighted by atomic mass is 32.2. The van der Waals surface area contributed by atoms with Gasteiger partial charge in [0.1, 0.15) is 0 Å². The van der Waals surface area contributed by atoms with Crippen LogP contribution in [0.1, 0.15) is 32.0 Å². The molecule has 9 nitrogen and oxygen atoms in total. The van der Waals surface area contributed by atoms with Crippen LogP contribution in [0.2, 0.25) is 0 Å². The zero-order chi connectivity index (χ0) is 24.4. The molecule has 0 bridgehead atoms. The Hall–Kier alpha value is -3.79. The van der Waals surface area contributed by atoms with Gasteiger partial charge in [-0.1, -0.05) is 74.1 Å². The quantitative estimate of drug-likeness (QED) is 0.370. The first-order valence-corrected chi connectivity index (χ1v) is 12.1. The predicted octanol–water partition coefficient (Wildman–Crippen LogP) is 4.74. The Morgan fingerprint density at radius 1 is 1.06 bits per heavy atom. The first kappa shape index (κ1) is 23.0. The fraction of sp³-hybridized carbons (Fsp3) is 0.280. The summed E-state index contributed by atoms with van der Waals surface area (Å²) in [6.45, 7) is 6.82. The van der Waals surface area contributed by atoms with E-state index in [0.717, 1.165) is 28.4 Å². The molecule has 0 spiro atoms.